The zero-order chi connectivity index (χ0) is 22.4. The fourth-order valence-electron chi connectivity index (χ4n) is 3.34. The van der Waals surface area contributed by atoms with E-state index in [9.17, 15) is 12.8 Å². The molecule has 168 valence electrons. The molecular formula is C21H29FN6O2S. The maximum absolute atomic E-state index is 14.0. The number of guanidine groups is 1. The summed E-state index contributed by atoms with van der Waals surface area (Å²) in [4.78, 5) is 11.0. The third-order valence-electron chi connectivity index (χ3n) is 5.03. The SMILES string of the molecule is CCNC(=NCc1ccc(S(=O)(=O)N(C)C)cc1)NC1CCN(c2ncccc2F)C1. The Labute approximate surface area is 183 Å². The van der Waals surface area contributed by atoms with E-state index in [0.717, 1.165) is 12.0 Å². The Bertz CT molecular complexity index is 1010. The summed E-state index contributed by atoms with van der Waals surface area (Å²) in [6.07, 6.45) is 2.44. The molecule has 0 spiro atoms. The molecule has 1 aromatic carbocycles. The summed E-state index contributed by atoms with van der Waals surface area (Å²) in [7, 11) is -0.428. The highest BCUT2D eigenvalue weighted by Crippen LogP contribution is 2.21. The number of rotatable bonds is 7. The molecular weight excluding hydrogens is 419 g/mol. The van der Waals surface area contributed by atoms with Crippen LogP contribution in [-0.2, 0) is 16.6 Å². The number of halogens is 1. The second-order valence-corrected chi connectivity index (χ2v) is 9.66. The predicted octanol–water partition coefficient (Wildman–Crippen LogP) is 1.81. The predicted molar refractivity (Wildman–Crippen MR) is 120 cm³/mol. The van der Waals surface area contributed by atoms with E-state index in [1.165, 1.54) is 24.5 Å². The second kappa shape index (κ2) is 10.1. The Balaban J connectivity index is 1.63. The van der Waals surface area contributed by atoms with E-state index in [1.54, 1.807) is 36.5 Å². The molecule has 1 aliphatic rings. The molecule has 0 bridgehead atoms. The summed E-state index contributed by atoms with van der Waals surface area (Å²) in [6, 6.07) is 9.85. The van der Waals surface area contributed by atoms with Crippen LogP contribution in [0.2, 0.25) is 0 Å². The number of aliphatic imine (C=N–C) groups is 1. The second-order valence-electron chi connectivity index (χ2n) is 7.51. The molecule has 1 unspecified atom stereocenters. The van der Waals surface area contributed by atoms with Gasteiger partial charge in [0.15, 0.2) is 17.6 Å². The number of benzene rings is 1. The van der Waals surface area contributed by atoms with E-state index < -0.39 is 10.0 Å². The lowest BCUT2D eigenvalue weighted by molar-refractivity contribution is 0.520. The largest absolute Gasteiger partial charge is 0.357 e. The molecule has 0 amide bonds. The van der Waals surface area contributed by atoms with Gasteiger partial charge in [0.05, 0.1) is 11.4 Å². The summed E-state index contributed by atoms with van der Waals surface area (Å²) in [5.74, 6) is 0.728. The van der Waals surface area contributed by atoms with Gasteiger partial charge in [0, 0.05) is 46.0 Å². The maximum atomic E-state index is 14.0. The molecule has 1 aromatic heterocycles. The Kier molecular flexibility index (Phi) is 7.45. The van der Waals surface area contributed by atoms with Gasteiger partial charge in [-0.1, -0.05) is 12.1 Å². The Morgan fingerprint density at radius 1 is 1.29 bits per heavy atom. The van der Waals surface area contributed by atoms with Crippen molar-refractivity contribution in [3.8, 4) is 0 Å². The lowest BCUT2D eigenvalue weighted by atomic mass is 10.2. The number of aromatic nitrogens is 1. The van der Waals surface area contributed by atoms with E-state index in [-0.39, 0.29) is 16.8 Å². The van der Waals surface area contributed by atoms with Gasteiger partial charge in [-0.05, 0) is 43.2 Å². The van der Waals surface area contributed by atoms with Crippen molar-refractivity contribution in [1.82, 2.24) is 19.9 Å². The molecule has 2 heterocycles. The van der Waals surface area contributed by atoms with Crippen LogP contribution in [0.3, 0.4) is 0 Å². The number of anilines is 1. The minimum atomic E-state index is -3.44. The number of nitrogens with one attached hydrogen (secondary N) is 2. The van der Waals surface area contributed by atoms with Crippen molar-refractivity contribution in [3.63, 3.8) is 0 Å². The van der Waals surface area contributed by atoms with Crippen molar-refractivity contribution >= 4 is 21.8 Å². The molecule has 1 atom stereocenters. The van der Waals surface area contributed by atoms with Crippen molar-refractivity contribution in [2.24, 2.45) is 4.99 Å². The van der Waals surface area contributed by atoms with Crippen LogP contribution in [-0.4, -0.2) is 63.4 Å². The van der Waals surface area contributed by atoms with Crippen LogP contribution < -0.4 is 15.5 Å². The third kappa shape index (κ3) is 5.71. The summed E-state index contributed by atoms with van der Waals surface area (Å²) < 4.78 is 39.6. The number of nitrogens with zero attached hydrogens (tertiary/aromatic N) is 4. The quantitative estimate of drug-likeness (QED) is 0.496. The third-order valence-corrected chi connectivity index (χ3v) is 6.86. The highest BCUT2D eigenvalue weighted by atomic mass is 32.2. The standard InChI is InChI=1S/C21H29FN6O2S/c1-4-23-21(25-14-16-7-9-18(10-8-16)31(29,30)27(2)3)26-17-11-13-28(15-17)20-19(22)6-5-12-24-20/h5-10,12,17H,4,11,13-15H2,1-3H3,(H2,23,25,26). The Hall–Kier alpha value is -2.72. The lowest BCUT2D eigenvalue weighted by Crippen LogP contribution is -2.44. The van der Waals surface area contributed by atoms with Crippen molar-refractivity contribution in [3.05, 3.63) is 54.0 Å². The van der Waals surface area contributed by atoms with Gasteiger partial charge in [-0.15, -0.1) is 0 Å². The molecule has 10 heteroatoms. The van der Waals surface area contributed by atoms with Crippen molar-refractivity contribution < 1.29 is 12.8 Å². The fraction of sp³-hybridized carbons (Fsp3) is 0.429. The van der Waals surface area contributed by atoms with Crippen LogP contribution in [0.4, 0.5) is 10.2 Å². The van der Waals surface area contributed by atoms with Crippen LogP contribution >= 0.6 is 0 Å². The average Bonchev–Trinajstić information content (AvgIpc) is 3.21. The normalized spacial score (nSPS) is 17.3. The van der Waals surface area contributed by atoms with Crippen molar-refractivity contribution in [2.45, 2.75) is 30.8 Å². The number of hydrogen-bond donors (Lipinski definition) is 2. The zero-order valence-corrected chi connectivity index (χ0v) is 18.9. The maximum Gasteiger partial charge on any atom is 0.242 e. The van der Waals surface area contributed by atoms with Gasteiger partial charge in [-0.25, -0.2) is 27.1 Å². The fourth-order valence-corrected chi connectivity index (χ4v) is 4.24. The van der Waals surface area contributed by atoms with Crippen molar-refractivity contribution in [2.75, 3.05) is 38.6 Å². The summed E-state index contributed by atoms with van der Waals surface area (Å²) in [5.41, 5.74) is 0.901. The van der Waals surface area contributed by atoms with E-state index in [2.05, 4.69) is 20.6 Å². The van der Waals surface area contributed by atoms with Gasteiger partial charge in [0.25, 0.3) is 0 Å². The highest BCUT2D eigenvalue weighted by molar-refractivity contribution is 7.89. The molecule has 8 nitrogen and oxygen atoms in total. The van der Waals surface area contributed by atoms with E-state index in [1.807, 2.05) is 11.8 Å². The monoisotopic (exact) mass is 448 g/mol. The first-order valence-electron chi connectivity index (χ1n) is 10.2. The van der Waals surface area contributed by atoms with Crippen LogP contribution in [0.25, 0.3) is 0 Å². The minimum absolute atomic E-state index is 0.117. The van der Waals surface area contributed by atoms with Crippen LogP contribution in [0.1, 0.15) is 18.9 Å². The van der Waals surface area contributed by atoms with Crippen LogP contribution in [0.5, 0.6) is 0 Å². The lowest BCUT2D eigenvalue weighted by Gasteiger charge is -2.20. The highest BCUT2D eigenvalue weighted by Gasteiger charge is 2.26. The molecule has 31 heavy (non-hydrogen) atoms. The van der Waals surface area contributed by atoms with Gasteiger partial charge in [0.1, 0.15) is 0 Å². The molecule has 2 aromatic rings. The molecule has 1 fully saturated rings. The summed E-state index contributed by atoms with van der Waals surface area (Å²) in [5, 5.41) is 6.63. The molecule has 0 aliphatic carbocycles. The van der Waals surface area contributed by atoms with E-state index >= 15 is 0 Å². The van der Waals surface area contributed by atoms with Crippen LogP contribution in [0.15, 0.2) is 52.5 Å². The van der Waals surface area contributed by atoms with Gasteiger partial charge < -0.3 is 15.5 Å². The smallest absolute Gasteiger partial charge is 0.242 e. The zero-order valence-electron chi connectivity index (χ0n) is 18.0. The van der Waals surface area contributed by atoms with Gasteiger partial charge in [0.2, 0.25) is 10.0 Å². The number of hydrogen-bond acceptors (Lipinski definition) is 5. The van der Waals surface area contributed by atoms with E-state index in [0.29, 0.717) is 38.0 Å². The Morgan fingerprint density at radius 3 is 2.68 bits per heavy atom. The topological polar surface area (TPSA) is 89.9 Å². The summed E-state index contributed by atoms with van der Waals surface area (Å²) in [6.45, 7) is 4.45. The van der Waals surface area contributed by atoms with Crippen molar-refractivity contribution in [1.29, 1.82) is 0 Å². The van der Waals surface area contributed by atoms with Gasteiger partial charge in [-0.2, -0.15) is 0 Å². The molecule has 0 saturated carbocycles. The first kappa shape index (κ1) is 23.0. The average molecular weight is 449 g/mol. The first-order chi connectivity index (χ1) is 14.8. The van der Waals surface area contributed by atoms with Gasteiger partial charge in [-0.3, -0.25) is 0 Å². The number of pyridine rings is 1. The van der Waals surface area contributed by atoms with Gasteiger partial charge >= 0.3 is 0 Å². The first-order valence-corrected chi connectivity index (χ1v) is 11.7. The molecule has 2 N–H and O–H groups in total. The van der Waals surface area contributed by atoms with Crippen LogP contribution in [0, 0.1) is 5.82 Å². The molecule has 1 aliphatic heterocycles. The minimum Gasteiger partial charge on any atom is -0.357 e. The molecule has 1 saturated heterocycles. The molecule has 0 radical (unpaired) electrons. The Morgan fingerprint density at radius 2 is 2.03 bits per heavy atom. The molecule has 3 rings (SSSR count). The number of sulfonamides is 1. The van der Waals surface area contributed by atoms with E-state index in [4.69, 9.17) is 0 Å². The summed E-state index contributed by atoms with van der Waals surface area (Å²) >= 11 is 0.